The van der Waals surface area contributed by atoms with Gasteiger partial charge in [0.1, 0.15) is 5.82 Å². The van der Waals surface area contributed by atoms with Crippen LogP contribution < -0.4 is 11.5 Å². The van der Waals surface area contributed by atoms with Crippen molar-refractivity contribution in [3.63, 3.8) is 0 Å². The van der Waals surface area contributed by atoms with Gasteiger partial charge in [0.25, 0.3) is 0 Å². The molecule has 2 aromatic rings. The van der Waals surface area contributed by atoms with Crippen LogP contribution in [0.3, 0.4) is 0 Å². The number of nitrogen functional groups attached to an aromatic ring is 1. The Bertz CT molecular complexity index is 625. The summed E-state index contributed by atoms with van der Waals surface area (Å²) in [4.78, 5) is 4.42. The van der Waals surface area contributed by atoms with Crippen LogP contribution in [0.2, 0.25) is 0 Å². The highest BCUT2D eigenvalue weighted by Gasteiger charge is 2.34. The monoisotopic (exact) mass is 285 g/mol. The Hall–Kier alpha value is -1.94. The Morgan fingerprint density at radius 2 is 2.05 bits per heavy atom. The van der Waals surface area contributed by atoms with E-state index < -0.39 is 11.4 Å². The minimum Gasteiger partial charge on any atom is -0.396 e. The lowest BCUT2D eigenvalue weighted by molar-refractivity contribution is 0.443. The fraction of sp³-hybridized carbons (Fsp3) is 0.353. The molecule has 110 valence electrons. The average Bonchev–Trinajstić information content (AvgIpc) is 3.33. The van der Waals surface area contributed by atoms with Gasteiger partial charge < -0.3 is 11.5 Å². The van der Waals surface area contributed by atoms with Crippen LogP contribution in [0.25, 0.3) is 0 Å². The van der Waals surface area contributed by atoms with Gasteiger partial charge >= 0.3 is 0 Å². The van der Waals surface area contributed by atoms with Crippen molar-refractivity contribution >= 4 is 5.69 Å². The molecule has 0 bridgehead atoms. The summed E-state index contributed by atoms with van der Waals surface area (Å²) < 4.78 is 13.4. The fourth-order valence-corrected chi connectivity index (χ4v) is 2.71. The van der Waals surface area contributed by atoms with E-state index in [-0.39, 0.29) is 5.69 Å². The zero-order valence-corrected chi connectivity index (χ0v) is 11.9. The molecule has 0 radical (unpaired) electrons. The van der Waals surface area contributed by atoms with E-state index in [1.54, 1.807) is 18.3 Å². The lowest BCUT2D eigenvalue weighted by Crippen LogP contribution is -2.39. The molecular weight excluding hydrogens is 265 g/mol. The van der Waals surface area contributed by atoms with Gasteiger partial charge in [0.2, 0.25) is 0 Å². The number of rotatable bonds is 5. The summed E-state index contributed by atoms with van der Waals surface area (Å²) >= 11 is 0. The Balaban J connectivity index is 1.99. The third-order valence-corrected chi connectivity index (χ3v) is 4.28. The van der Waals surface area contributed by atoms with Crippen molar-refractivity contribution in [3.8, 4) is 0 Å². The number of anilines is 1. The zero-order chi connectivity index (χ0) is 14.9. The fourth-order valence-electron chi connectivity index (χ4n) is 2.71. The van der Waals surface area contributed by atoms with Crippen molar-refractivity contribution in [2.75, 3.05) is 5.73 Å². The van der Waals surface area contributed by atoms with E-state index in [1.807, 2.05) is 18.2 Å². The first kappa shape index (κ1) is 14.0. The molecule has 1 aliphatic carbocycles. The van der Waals surface area contributed by atoms with E-state index in [9.17, 15) is 4.39 Å². The number of hydrogen-bond acceptors (Lipinski definition) is 3. The average molecular weight is 285 g/mol. The lowest BCUT2D eigenvalue weighted by Gasteiger charge is -2.30. The highest BCUT2D eigenvalue weighted by Crippen LogP contribution is 2.39. The Kier molecular flexibility index (Phi) is 3.64. The van der Waals surface area contributed by atoms with Crippen LogP contribution in [0.1, 0.15) is 36.9 Å². The van der Waals surface area contributed by atoms with Crippen LogP contribution in [-0.2, 0) is 5.54 Å². The van der Waals surface area contributed by atoms with Crippen LogP contribution in [-0.4, -0.2) is 4.98 Å². The standard InChI is InChI=1S/C17H20FN3/c18-14-7-6-13(11-15(14)19)17(20,9-8-12-4-5-12)16-3-1-2-10-21-16/h1-3,6-7,10-12H,4-5,8-9,19-20H2. The van der Waals surface area contributed by atoms with Crippen molar-refractivity contribution in [2.24, 2.45) is 11.7 Å². The first-order chi connectivity index (χ1) is 10.1. The topological polar surface area (TPSA) is 64.9 Å². The van der Waals surface area contributed by atoms with Gasteiger partial charge in [0, 0.05) is 6.20 Å². The highest BCUT2D eigenvalue weighted by atomic mass is 19.1. The van der Waals surface area contributed by atoms with Gasteiger partial charge in [-0.2, -0.15) is 0 Å². The number of halogens is 1. The van der Waals surface area contributed by atoms with Crippen LogP contribution in [0.4, 0.5) is 10.1 Å². The van der Waals surface area contributed by atoms with Gasteiger partial charge in [-0.25, -0.2) is 4.39 Å². The maximum atomic E-state index is 13.4. The normalized spacial score (nSPS) is 17.4. The summed E-state index contributed by atoms with van der Waals surface area (Å²) in [7, 11) is 0. The predicted molar refractivity (Wildman–Crippen MR) is 82.0 cm³/mol. The molecule has 1 aromatic carbocycles. The number of nitrogens with zero attached hydrogens (tertiary/aromatic N) is 1. The second kappa shape index (κ2) is 5.45. The molecule has 0 aliphatic heterocycles. The van der Waals surface area contributed by atoms with Crippen molar-refractivity contribution in [1.29, 1.82) is 0 Å². The highest BCUT2D eigenvalue weighted by molar-refractivity contribution is 5.47. The van der Waals surface area contributed by atoms with Crippen LogP contribution >= 0.6 is 0 Å². The number of nitrogens with two attached hydrogens (primary N) is 2. The third kappa shape index (κ3) is 2.90. The third-order valence-electron chi connectivity index (χ3n) is 4.28. The Labute approximate surface area is 124 Å². The minimum atomic E-state index is -0.717. The molecule has 0 amide bonds. The van der Waals surface area contributed by atoms with Crippen molar-refractivity contribution < 1.29 is 4.39 Å². The van der Waals surface area contributed by atoms with Gasteiger partial charge in [-0.05, 0) is 48.6 Å². The molecule has 3 rings (SSSR count). The first-order valence-electron chi connectivity index (χ1n) is 7.35. The molecule has 1 fully saturated rings. The molecule has 4 N–H and O–H groups in total. The maximum absolute atomic E-state index is 13.4. The molecule has 1 heterocycles. The maximum Gasteiger partial charge on any atom is 0.146 e. The molecule has 0 spiro atoms. The van der Waals surface area contributed by atoms with Crippen molar-refractivity contribution in [3.05, 3.63) is 59.7 Å². The van der Waals surface area contributed by atoms with E-state index in [2.05, 4.69) is 4.98 Å². The molecule has 21 heavy (non-hydrogen) atoms. The molecule has 1 saturated carbocycles. The molecule has 1 aromatic heterocycles. The Morgan fingerprint density at radius 1 is 1.24 bits per heavy atom. The van der Waals surface area contributed by atoms with Crippen molar-refractivity contribution in [2.45, 2.75) is 31.2 Å². The molecular formula is C17H20FN3. The summed E-state index contributed by atoms with van der Waals surface area (Å²) in [5, 5.41) is 0. The predicted octanol–water partition coefficient (Wildman–Crippen LogP) is 3.20. The SMILES string of the molecule is Nc1cc(C(N)(CCC2CC2)c2ccccn2)ccc1F. The largest absolute Gasteiger partial charge is 0.396 e. The number of benzene rings is 1. The molecule has 4 heteroatoms. The van der Waals surface area contributed by atoms with E-state index in [1.165, 1.54) is 18.9 Å². The molecule has 3 nitrogen and oxygen atoms in total. The smallest absolute Gasteiger partial charge is 0.146 e. The van der Waals surface area contributed by atoms with Gasteiger partial charge in [0.05, 0.1) is 16.9 Å². The van der Waals surface area contributed by atoms with E-state index in [4.69, 9.17) is 11.5 Å². The van der Waals surface area contributed by atoms with E-state index in [0.717, 1.165) is 30.0 Å². The molecule has 1 unspecified atom stereocenters. The van der Waals surface area contributed by atoms with Crippen LogP contribution in [0, 0.1) is 11.7 Å². The zero-order valence-electron chi connectivity index (χ0n) is 11.9. The van der Waals surface area contributed by atoms with Gasteiger partial charge in [-0.15, -0.1) is 0 Å². The molecule has 1 atom stereocenters. The Morgan fingerprint density at radius 3 is 2.67 bits per heavy atom. The van der Waals surface area contributed by atoms with Crippen molar-refractivity contribution in [1.82, 2.24) is 4.98 Å². The summed E-state index contributed by atoms with van der Waals surface area (Å²) in [6.45, 7) is 0. The summed E-state index contributed by atoms with van der Waals surface area (Å²) in [6, 6.07) is 10.4. The summed E-state index contributed by atoms with van der Waals surface area (Å²) in [5.41, 5.74) is 13.4. The van der Waals surface area contributed by atoms with Crippen LogP contribution in [0.15, 0.2) is 42.6 Å². The molecule has 1 aliphatic rings. The van der Waals surface area contributed by atoms with Gasteiger partial charge in [-0.1, -0.05) is 25.0 Å². The van der Waals surface area contributed by atoms with E-state index >= 15 is 0 Å². The summed E-state index contributed by atoms with van der Waals surface area (Å²) in [5.74, 6) is 0.360. The quantitative estimate of drug-likeness (QED) is 0.829. The number of hydrogen-bond donors (Lipinski definition) is 2. The second-order valence-corrected chi connectivity index (χ2v) is 5.90. The lowest BCUT2D eigenvalue weighted by atomic mass is 9.82. The van der Waals surface area contributed by atoms with E-state index in [0.29, 0.717) is 0 Å². The van der Waals surface area contributed by atoms with Gasteiger partial charge in [-0.3, -0.25) is 4.98 Å². The summed E-state index contributed by atoms with van der Waals surface area (Å²) in [6.07, 6.45) is 6.15. The van der Waals surface area contributed by atoms with Gasteiger partial charge in [0.15, 0.2) is 0 Å². The second-order valence-electron chi connectivity index (χ2n) is 5.90. The first-order valence-corrected chi connectivity index (χ1v) is 7.35. The minimum absolute atomic E-state index is 0.129. The number of pyridine rings is 1. The van der Waals surface area contributed by atoms with Crippen LogP contribution in [0.5, 0.6) is 0 Å². The number of aromatic nitrogens is 1. The molecule has 0 saturated heterocycles.